The summed E-state index contributed by atoms with van der Waals surface area (Å²) in [5.41, 5.74) is 7.94. The molecule has 0 radical (unpaired) electrons. The summed E-state index contributed by atoms with van der Waals surface area (Å²) in [7, 11) is 0. The highest BCUT2D eigenvalue weighted by Gasteiger charge is 2.08. The van der Waals surface area contributed by atoms with Crippen molar-refractivity contribution in [2.45, 2.75) is 24.3 Å². The van der Waals surface area contributed by atoms with E-state index in [2.05, 4.69) is 11.9 Å². The standard InChI is InChI=1S/C12H16N2O2S/c1-8(4-5-15)17-7-12-14-10-6-9(13)2-3-11(10)16-12/h2-3,6,8,15H,4-5,7,13H2,1H3. The van der Waals surface area contributed by atoms with Crippen LogP contribution in [0.4, 0.5) is 5.69 Å². The summed E-state index contributed by atoms with van der Waals surface area (Å²) in [5, 5.41) is 9.22. The number of aromatic nitrogens is 1. The van der Waals surface area contributed by atoms with E-state index >= 15 is 0 Å². The Hall–Kier alpha value is -1.20. The number of aliphatic hydroxyl groups is 1. The van der Waals surface area contributed by atoms with Gasteiger partial charge in [0.25, 0.3) is 0 Å². The summed E-state index contributed by atoms with van der Waals surface area (Å²) >= 11 is 1.73. The second-order valence-corrected chi connectivity index (χ2v) is 5.40. The van der Waals surface area contributed by atoms with E-state index in [-0.39, 0.29) is 6.61 Å². The molecule has 1 aromatic heterocycles. The quantitative estimate of drug-likeness (QED) is 0.799. The monoisotopic (exact) mass is 252 g/mol. The Morgan fingerprint density at radius 2 is 2.35 bits per heavy atom. The zero-order valence-corrected chi connectivity index (χ0v) is 10.5. The second-order valence-electron chi connectivity index (χ2n) is 3.97. The van der Waals surface area contributed by atoms with Gasteiger partial charge in [-0.25, -0.2) is 4.98 Å². The molecule has 2 rings (SSSR count). The first kappa shape index (κ1) is 12.3. The highest BCUT2D eigenvalue weighted by Crippen LogP contribution is 2.23. The van der Waals surface area contributed by atoms with Crippen molar-refractivity contribution < 1.29 is 9.52 Å². The summed E-state index contributed by atoms with van der Waals surface area (Å²) in [5.74, 6) is 1.43. The summed E-state index contributed by atoms with van der Waals surface area (Å²) in [6.45, 7) is 2.31. The van der Waals surface area contributed by atoms with Crippen molar-refractivity contribution in [1.82, 2.24) is 4.98 Å². The van der Waals surface area contributed by atoms with Crippen molar-refractivity contribution >= 4 is 28.5 Å². The molecule has 5 heteroatoms. The lowest BCUT2D eigenvalue weighted by Gasteiger charge is -2.06. The molecule has 0 fully saturated rings. The molecular formula is C12H16N2O2S. The van der Waals surface area contributed by atoms with E-state index < -0.39 is 0 Å². The normalized spacial score (nSPS) is 13.1. The van der Waals surface area contributed by atoms with Gasteiger partial charge in [-0.2, -0.15) is 0 Å². The number of hydrogen-bond donors (Lipinski definition) is 2. The number of nitrogens with zero attached hydrogens (tertiary/aromatic N) is 1. The van der Waals surface area contributed by atoms with Gasteiger partial charge in [0.05, 0.1) is 5.75 Å². The summed E-state index contributed by atoms with van der Waals surface area (Å²) in [6.07, 6.45) is 0.790. The molecule has 3 N–H and O–H groups in total. The smallest absolute Gasteiger partial charge is 0.205 e. The van der Waals surface area contributed by atoms with Crippen molar-refractivity contribution in [3.63, 3.8) is 0 Å². The van der Waals surface area contributed by atoms with Gasteiger partial charge >= 0.3 is 0 Å². The third-order valence-electron chi connectivity index (χ3n) is 2.48. The van der Waals surface area contributed by atoms with Crippen LogP contribution < -0.4 is 5.73 Å². The fourth-order valence-electron chi connectivity index (χ4n) is 1.53. The van der Waals surface area contributed by atoms with Gasteiger partial charge in [0.1, 0.15) is 5.52 Å². The molecule has 4 nitrogen and oxygen atoms in total. The van der Waals surface area contributed by atoms with Gasteiger partial charge in [-0.3, -0.25) is 0 Å². The molecule has 0 saturated carbocycles. The molecular weight excluding hydrogens is 236 g/mol. The zero-order valence-electron chi connectivity index (χ0n) is 9.72. The topological polar surface area (TPSA) is 72.3 Å². The number of fused-ring (bicyclic) bond motifs is 1. The zero-order chi connectivity index (χ0) is 12.3. The maximum Gasteiger partial charge on any atom is 0.205 e. The van der Waals surface area contributed by atoms with Crippen LogP contribution in [-0.4, -0.2) is 21.9 Å². The molecule has 0 aliphatic heterocycles. The fourth-order valence-corrected chi connectivity index (χ4v) is 2.36. The number of benzene rings is 1. The first-order valence-electron chi connectivity index (χ1n) is 5.56. The molecule has 0 aliphatic rings. The third kappa shape index (κ3) is 3.14. The summed E-state index contributed by atoms with van der Waals surface area (Å²) < 4.78 is 5.60. The van der Waals surface area contributed by atoms with E-state index in [1.807, 2.05) is 12.1 Å². The van der Waals surface area contributed by atoms with Gasteiger partial charge in [0, 0.05) is 17.5 Å². The van der Waals surface area contributed by atoms with Crippen LogP contribution in [-0.2, 0) is 5.75 Å². The summed E-state index contributed by atoms with van der Waals surface area (Å²) in [6, 6.07) is 5.45. The average molecular weight is 252 g/mol. The van der Waals surface area contributed by atoms with Crippen LogP contribution in [0.2, 0.25) is 0 Å². The Bertz CT molecular complexity index is 498. The maximum atomic E-state index is 8.81. The number of anilines is 1. The molecule has 1 unspecified atom stereocenters. The van der Waals surface area contributed by atoms with Crippen LogP contribution in [0.1, 0.15) is 19.2 Å². The number of aliphatic hydroxyl groups excluding tert-OH is 1. The first-order valence-corrected chi connectivity index (χ1v) is 6.61. The SMILES string of the molecule is CC(CCO)SCc1nc2cc(N)ccc2o1. The first-order chi connectivity index (χ1) is 8.19. The van der Waals surface area contributed by atoms with E-state index in [4.69, 9.17) is 15.3 Å². The Morgan fingerprint density at radius 3 is 3.12 bits per heavy atom. The molecule has 0 amide bonds. The van der Waals surface area contributed by atoms with Crippen molar-refractivity contribution in [2.75, 3.05) is 12.3 Å². The minimum atomic E-state index is 0.220. The Kier molecular flexibility index (Phi) is 3.91. The molecule has 0 bridgehead atoms. The lowest BCUT2D eigenvalue weighted by Crippen LogP contribution is -1.99. The number of oxazole rings is 1. The Balaban J connectivity index is 2.04. The van der Waals surface area contributed by atoms with Crippen LogP contribution in [0.25, 0.3) is 11.1 Å². The van der Waals surface area contributed by atoms with Crippen molar-refractivity contribution in [3.8, 4) is 0 Å². The van der Waals surface area contributed by atoms with Gasteiger partial charge in [-0.15, -0.1) is 11.8 Å². The van der Waals surface area contributed by atoms with E-state index in [0.717, 1.165) is 23.3 Å². The lowest BCUT2D eigenvalue weighted by atomic mass is 10.3. The molecule has 17 heavy (non-hydrogen) atoms. The minimum absolute atomic E-state index is 0.220. The molecule has 1 heterocycles. The van der Waals surface area contributed by atoms with E-state index in [9.17, 15) is 0 Å². The van der Waals surface area contributed by atoms with Crippen LogP contribution >= 0.6 is 11.8 Å². The lowest BCUT2D eigenvalue weighted by molar-refractivity contribution is 0.289. The highest BCUT2D eigenvalue weighted by atomic mass is 32.2. The Morgan fingerprint density at radius 1 is 1.53 bits per heavy atom. The molecule has 0 saturated heterocycles. The maximum absolute atomic E-state index is 8.81. The molecule has 92 valence electrons. The summed E-state index contributed by atoms with van der Waals surface area (Å²) in [4.78, 5) is 4.38. The van der Waals surface area contributed by atoms with E-state index in [0.29, 0.717) is 16.8 Å². The number of rotatable bonds is 5. The predicted molar refractivity (Wildman–Crippen MR) is 70.9 cm³/mol. The van der Waals surface area contributed by atoms with Gasteiger partial charge in [0.15, 0.2) is 5.58 Å². The van der Waals surface area contributed by atoms with Crippen LogP contribution in [0.3, 0.4) is 0 Å². The second kappa shape index (κ2) is 5.42. The van der Waals surface area contributed by atoms with Gasteiger partial charge in [-0.05, 0) is 24.6 Å². The number of thioether (sulfide) groups is 1. The van der Waals surface area contributed by atoms with Crippen molar-refractivity contribution in [2.24, 2.45) is 0 Å². The number of hydrogen-bond acceptors (Lipinski definition) is 5. The number of nitrogens with two attached hydrogens (primary N) is 1. The van der Waals surface area contributed by atoms with Crippen molar-refractivity contribution in [3.05, 3.63) is 24.1 Å². The molecule has 1 atom stereocenters. The molecule has 0 aliphatic carbocycles. The van der Waals surface area contributed by atoms with E-state index in [1.54, 1.807) is 17.8 Å². The molecule has 2 aromatic rings. The van der Waals surface area contributed by atoms with Gasteiger partial charge in [-0.1, -0.05) is 6.92 Å². The van der Waals surface area contributed by atoms with Crippen LogP contribution in [0.15, 0.2) is 22.6 Å². The number of nitrogen functional groups attached to an aromatic ring is 1. The predicted octanol–water partition coefficient (Wildman–Crippen LogP) is 2.41. The van der Waals surface area contributed by atoms with E-state index in [1.165, 1.54) is 0 Å². The van der Waals surface area contributed by atoms with Gasteiger partial charge in [0.2, 0.25) is 5.89 Å². The fraction of sp³-hybridized carbons (Fsp3) is 0.417. The van der Waals surface area contributed by atoms with Crippen LogP contribution in [0.5, 0.6) is 0 Å². The third-order valence-corrected chi connectivity index (χ3v) is 3.70. The average Bonchev–Trinajstić information content (AvgIpc) is 2.68. The minimum Gasteiger partial charge on any atom is -0.440 e. The highest BCUT2D eigenvalue weighted by molar-refractivity contribution is 7.99. The molecule has 0 spiro atoms. The van der Waals surface area contributed by atoms with Gasteiger partial charge < -0.3 is 15.3 Å². The Labute approximate surface area is 104 Å². The largest absolute Gasteiger partial charge is 0.440 e. The van der Waals surface area contributed by atoms with Crippen LogP contribution in [0, 0.1) is 0 Å². The molecule has 1 aromatic carbocycles. The van der Waals surface area contributed by atoms with Crippen molar-refractivity contribution in [1.29, 1.82) is 0 Å².